The average molecular weight is 539 g/mol. The van der Waals surface area contributed by atoms with E-state index in [1.807, 2.05) is 84.4 Å². The normalized spacial score (nSPS) is 10.8. The van der Waals surface area contributed by atoms with Gasteiger partial charge < -0.3 is 19.1 Å². The van der Waals surface area contributed by atoms with Crippen LogP contribution in [0.3, 0.4) is 0 Å². The predicted octanol–water partition coefficient (Wildman–Crippen LogP) is 5.84. The lowest BCUT2D eigenvalue weighted by atomic mass is 10.1. The van der Waals surface area contributed by atoms with Crippen LogP contribution < -0.4 is 9.47 Å². The van der Waals surface area contributed by atoms with Crippen molar-refractivity contribution in [2.45, 2.75) is 20.0 Å². The Labute approximate surface area is 232 Å². The molecule has 0 atom stereocenters. The molecule has 0 unspecified atom stereocenters. The highest BCUT2D eigenvalue weighted by Crippen LogP contribution is 2.26. The highest BCUT2D eigenvalue weighted by molar-refractivity contribution is 6.08. The maximum absolute atomic E-state index is 13.0. The van der Waals surface area contributed by atoms with Crippen LogP contribution in [-0.4, -0.2) is 46.1 Å². The Morgan fingerprint density at radius 1 is 0.925 bits per heavy atom. The van der Waals surface area contributed by atoms with E-state index in [4.69, 9.17) is 9.47 Å². The molecular formula is C32H30N2O6. The summed E-state index contributed by atoms with van der Waals surface area (Å²) in [5.41, 5.74) is 3.93. The van der Waals surface area contributed by atoms with E-state index < -0.39 is 18.6 Å². The van der Waals surface area contributed by atoms with Crippen LogP contribution in [0, 0.1) is 6.92 Å². The van der Waals surface area contributed by atoms with E-state index in [-0.39, 0.29) is 18.1 Å². The first-order valence-corrected chi connectivity index (χ1v) is 12.7. The smallest absolute Gasteiger partial charge is 0.416 e. The third-order valence-electron chi connectivity index (χ3n) is 6.16. The molecule has 1 N–H and O–H groups in total. The largest absolute Gasteiger partial charge is 0.493 e. The Morgan fingerprint density at radius 3 is 2.40 bits per heavy atom. The molecule has 4 rings (SSSR count). The average Bonchev–Trinajstić information content (AvgIpc) is 3.41. The third kappa shape index (κ3) is 7.26. The van der Waals surface area contributed by atoms with Gasteiger partial charge in [0.1, 0.15) is 6.54 Å². The molecule has 4 aromatic rings. The molecule has 3 aromatic carbocycles. The Kier molecular flexibility index (Phi) is 9.15. The zero-order valence-electron chi connectivity index (χ0n) is 22.3. The zero-order chi connectivity index (χ0) is 28.5. The number of amides is 1. The first-order valence-electron chi connectivity index (χ1n) is 12.7. The molecule has 0 radical (unpaired) electrons. The molecule has 1 aromatic heterocycles. The molecule has 1 heterocycles. The molecule has 1 amide bonds. The molecule has 0 aliphatic heterocycles. The van der Waals surface area contributed by atoms with Gasteiger partial charge in [0.05, 0.1) is 12.8 Å². The molecule has 0 bridgehead atoms. The van der Waals surface area contributed by atoms with E-state index >= 15 is 0 Å². The number of aliphatic carboxylic acids is 1. The number of aryl methyl sites for hydroxylation is 1. The van der Waals surface area contributed by atoms with E-state index in [2.05, 4.69) is 0 Å². The SMILES string of the molecule is COc1ccccc1OC(=O)N(CC(=O)O)Cc1cccc(/C=C/Cn2cccc2C(=O)c2ccc(C)cc2)c1. The van der Waals surface area contributed by atoms with Crippen molar-refractivity contribution in [1.82, 2.24) is 9.47 Å². The molecule has 0 aliphatic rings. The second-order valence-corrected chi connectivity index (χ2v) is 9.16. The highest BCUT2D eigenvalue weighted by Gasteiger charge is 2.21. The van der Waals surface area contributed by atoms with Gasteiger partial charge in [0.15, 0.2) is 11.5 Å². The van der Waals surface area contributed by atoms with Gasteiger partial charge in [-0.3, -0.25) is 14.5 Å². The number of ether oxygens (including phenoxy) is 2. The Balaban J connectivity index is 1.44. The predicted molar refractivity (Wildman–Crippen MR) is 152 cm³/mol. The fraction of sp³-hybridized carbons (Fsp3) is 0.156. The van der Waals surface area contributed by atoms with Gasteiger partial charge in [-0.25, -0.2) is 4.79 Å². The Morgan fingerprint density at radius 2 is 1.68 bits per heavy atom. The van der Waals surface area contributed by atoms with Crippen molar-refractivity contribution in [2.24, 2.45) is 0 Å². The van der Waals surface area contributed by atoms with E-state index in [1.54, 1.807) is 30.3 Å². The lowest BCUT2D eigenvalue weighted by Gasteiger charge is -2.21. The second-order valence-electron chi connectivity index (χ2n) is 9.16. The van der Waals surface area contributed by atoms with Crippen LogP contribution >= 0.6 is 0 Å². The number of allylic oxidation sites excluding steroid dienone is 1. The molecule has 40 heavy (non-hydrogen) atoms. The van der Waals surface area contributed by atoms with Crippen molar-refractivity contribution in [3.8, 4) is 11.5 Å². The van der Waals surface area contributed by atoms with Crippen molar-refractivity contribution in [3.05, 3.63) is 125 Å². The molecular weight excluding hydrogens is 508 g/mol. The topological polar surface area (TPSA) is 98.1 Å². The molecule has 0 saturated heterocycles. The number of methoxy groups -OCH3 is 1. The molecule has 0 fully saturated rings. The highest BCUT2D eigenvalue weighted by atomic mass is 16.6. The quantitative estimate of drug-likeness (QED) is 0.241. The summed E-state index contributed by atoms with van der Waals surface area (Å²) < 4.78 is 12.5. The number of carboxylic acids is 1. The number of rotatable bonds is 11. The lowest BCUT2D eigenvalue weighted by molar-refractivity contribution is -0.138. The number of nitrogens with zero attached hydrogens (tertiary/aromatic N) is 2. The van der Waals surface area contributed by atoms with Crippen molar-refractivity contribution in [1.29, 1.82) is 0 Å². The van der Waals surface area contributed by atoms with Gasteiger partial charge in [0.25, 0.3) is 0 Å². The lowest BCUT2D eigenvalue weighted by Crippen LogP contribution is -2.37. The number of hydrogen-bond acceptors (Lipinski definition) is 5. The molecule has 8 nitrogen and oxygen atoms in total. The summed E-state index contributed by atoms with van der Waals surface area (Å²) in [6, 6.07) is 25.2. The first kappa shape index (κ1) is 27.9. The summed E-state index contributed by atoms with van der Waals surface area (Å²) in [6.45, 7) is 1.98. The van der Waals surface area contributed by atoms with Gasteiger partial charge in [0, 0.05) is 24.8 Å². The number of para-hydroxylation sites is 2. The molecule has 0 spiro atoms. The fourth-order valence-electron chi connectivity index (χ4n) is 4.16. The van der Waals surface area contributed by atoms with Crippen LogP contribution in [0.4, 0.5) is 4.79 Å². The van der Waals surface area contributed by atoms with E-state index in [1.165, 1.54) is 7.11 Å². The number of carbonyl (C=O) groups is 3. The summed E-state index contributed by atoms with van der Waals surface area (Å²) in [6.07, 6.45) is 4.92. The van der Waals surface area contributed by atoms with Crippen LogP contribution in [0.15, 0.2) is 97.2 Å². The standard InChI is InChI=1S/C32H30N2O6/c1-23-14-16-26(17-15-23)31(37)27-11-7-19-33(27)18-6-10-24-8-5-9-25(20-24)21-34(22-30(35)36)32(38)40-29-13-4-3-12-28(29)39-2/h3-17,19-20H,18,21-22H2,1-2H3,(H,35,36)/b10-6+. The van der Waals surface area contributed by atoms with Gasteiger partial charge in [-0.1, -0.05) is 72.3 Å². The first-order chi connectivity index (χ1) is 19.3. The van der Waals surface area contributed by atoms with Crippen LogP contribution in [0.25, 0.3) is 6.08 Å². The maximum Gasteiger partial charge on any atom is 0.416 e. The van der Waals surface area contributed by atoms with E-state index in [0.29, 0.717) is 23.6 Å². The Hall–Kier alpha value is -5.11. The second kappa shape index (κ2) is 13.1. The summed E-state index contributed by atoms with van der Waals surface area (Å²) >= 11 is 0. The number of carboxylic acid groups (broad SMARTS) is 1. The number of carbonyl (C=O) groups excluding carboxylic acids is 2. The van der Waals surface area contributed by atoms with Crippen molar-refractivity contribution in [2.75, 3.05) is 13.7 Å². The van der Waals surface area contributed by atoms with Crippen molar-refractivity contribution in [3.63, 3.8) is 0 Å². The third-order valence-corrected chi connectivity index (χ3v) is 6.16. The van der Waals surface area contributed by atoms with Crippen LogP contribution in [0.2, 0.25) is 0 Å². The molecule has 204 valence electrons. The van der Waals surface area contributed by atoms with Crippen LogP contribution in [0.5, 0.6) is 11.5 Å². The van der Waals surface area contributed by atoms with Gasteiger partial charge in [-0.2, -0.15) is 0 Å². The van der Waals surface area contributed by atoms with Gasteiger partial charge in [0.2, 0.25) is 5.78 Å². The number of benzene rings is 3. The van der Waals surface area contributed by atoms with E-state index in [0.717, 1.165) is 21.6 Å². The summed E-state index contributed by atoms with van der Waals surface area (Å²) in [5.74, 6) is -0.633. The minimum absolute atomic E-state index is 0.0365. The van der Waals surface area contributed by atoms with Gasteiger partial charge in [-0.15, -0.1) is 0 Å². The van der Waals surface area contributed by atoms with Crippen molar-refractivity contribution < 1.29 is 29.0 Å². The number of hydrogen-bond donors (Lipinski definition) is 1. The maximum atomic E-state index is 13.0. The minimum atomic E-state index is -1.16. The van der Waals surface area contributed by atoms with Gasteiger partial charge in [-0.05, 0) is 48.4 Å². The zero-order valence-corrected chi connectivity index (χ0v) is 22.3. The summed E-state index contributed by atoms with van der Waals surface area (Å²) in [4.78, 5) is 38.4. The molecule has 8 heteroatoms. The van der Waals surface area contributed by atoms with Crippen LogP contribution in [-0.2, 0) is 17.9 Å². The van der Waals surface area contributed by atoms with E-state index in [9.17, 15) is 19.5 Å². The summed E-state index contributed by atoms with van der Waals surface area (Å²) in [7, 11) is 1.46. The monoisotopic (exact) mass is 538 g/mol. The van der Waals surface area contributed by atoms with Crippen LogP contribution in [0.1, 0.15) is 32.7 Å². The van der Waals surface area contributed by atoms with Crippen molar-refractivity contribution >= 4 is 23.9 Å². The molecule has 0 aliphatic carbocycles. The summed E-state index contributed by atoms with van der Waals surface area (Å²) in [5, 5.41) is 9.37. The number of ketones is 1. The minimum Gasteiger partial charge on any atom is -0.493 e. The Bertz CT molecular complexity index is 1520. The number of aromatic nitrogens is 1. The molecule has 0 saturated carbocycles. The fourth-order valence-corrected chi connectivity index (χ4v) is 4.16. The van der Waals surface area contributed by atoms with Gasteiger partial charge >= 0.3 is 12.1 Å².